The first-order valence-electron chi connectivity index (χ1n) is 3.61. The molecule has 0 atom stereocenters. The van der Waals surface area contributed by atoms with Crippen LogP contribution in [0.15, 0.2) is 34.1 Å². The van der Waals surface area contributed by atoms with Gasteiger partial charge in [-0.15, -0.1) is 3.89 Å². The van der Waals surface area contributed by atoms with Gasteiger partial charge in [0.05, 0.1) is 9.79 Å². The van der Waals surface area contributed by atoms with E-state index in [9.17, 15) is 25.1 Å². The van der Waals surface area contributed by atoms with Crippen molar-refractivity contribution < 1.29 is 25.1 Å². The molecule has 0 aromatic heterocycles. The second-order valence-corrected chi connectivity index (χ2v) is 5.90. The van der Waals surface area contributed by atoms with Gasteiger partial charge in [0.25, 0.3) is 0 Å². The van der Waals surface area contributed by atoms with Gasteiger partial charge in [-0.05, 0) is 24.3 Å². The number of halogens is 2. The Morgan fingerprint density at radius 1 is 0.933 bits per heavy atom. The average Bonchev–Trinajstić information content (AvgIpc) is 2.17. The highest BCUT2D eigenvalue weighted by molar-refractivity contribution is 7.91. The minimum absolute atomic E-state index is 0.391. The lowest BCUT2D eigenvalue weighted by Crippen LogP contribution is -2.03. The Bertz CT molecular complexity index is 545. The summed E-state index contributed by atoms with van der Waals surface area (Å²) in [4.78, 5) is -1.06. The molecule has 0 fully saturated rings. The number of alkyl halides is 1. The Morgan fingerprint density at radius 3 is 1.67 bits per heavy atom. The molecule has 15 heavy (non-hydrogen) atoms. The van der Waals surface area contributed by atoms with Gasteiger partial charge in [-0.2, -0.15) is 8.42 Å². The van der Waals surface area contributed by atoms with E-state index in [1.807, 2.05) is 0 Å². The van der Waals surface area contributed by atoms with Gasteiger partial charge in [0.2, 0.25) is 9.84 Å². The fraction of sp³-hybridized carbons (Fsp3) is 0.143. The molecule has 0 aliphatic rings. The SMILES string of the molecule is O=S(=O)(F)c1ccc(S(=O)(=O)CF)cc1. The quantitative estimate of drug-likeness (QED) is 0.758. The predicted octanol–water partition coefficient (Wildman–Crippen LogP) is 1.05. The van der Waals surface area contributed by atoms with Crippen LogP contribution in [0.5, 0.6) is 0 Å². The van der Waals surface area contributed by atoms with Crippen LogP contribution < -0.4 is 0 Å². The zero-order chi connectivity index (χ0) is 11.7. The van der Waals surface area contributed by atoms with E-state index in [0.29, 0.717) is 0 Å². The Hall–Kier alpha value is -1.02. The smallest absolute Gasteiger partial charge is 0.233 e. The lowest BCUT2D eigenvalue weighted by molar-refractivity contribution is 0.534. The summed E-state index contributed by atoms with van der Waals surface area (Å²) in [7, 11) is -8.90. The summed E-state index contributed by atoms with van der Waals surface area (Å²) >= 11 is 0. The molecule has 4 nitrogen and oxygen atoms in total. The second-order valence-electron chi connectivity index (χ2n) is 2.63. The van der Waals surface area contributed by atoms with Crippen LogP contribution in [-0.4, -0.2) is 22.8 Å². The molecule has 0 N–H and O–H groups in total. The molecule has 0 aliphatic carbocycles. The molecule has 0 unspecified atom stereocenters. The van der Waals surface area contributed by atoms with Crippen molar-refractivity contribution in [2.45, 2.75) is 9.79 Å². The van der Waals surface area contributed by atoms with E-state index in [1.54, 1.807) is 0 Å². The average molecular weight is 256 g/mol. The van der Waals surface area contributed by atoms with Gasteiger partial charge in [-0.1, -0.05) is 0 Å². The summed E-state index contributed by atoms with van der Waals surface area (Å²) in [6, 6.07) is 1.60. The molecule has 0 saturated heterocycles. The molecule has 1 aromatic carbocycles. The normalized spacial score (nSPS) is 12.7. The number of benzene rings is 1. The van der Waals surface area contributed by atoms with E-state index in [0.717, 1.165) is 24.3 Å². The summed E-state index contributed by atoms with van der Waals surface area (Å²) in [6.45, 7) is 0. The van der Waals surface area contributed by atoms with E-state index in [1.165, 1.54) is 0 Å². The molecule has 0 amide bonds. The summed E-state index contributed by atoms with van der Waals surface area (Å²) in [5, 5.41) is 0. The molecule has 0 spiro atoms. The highest BCUT2D eigenvalue weighted by Crippen LogP contribution is 2.17. The molecule has 0 heterocycles. The Morgan fingerprint density at radius 2 is 1.33 bits per heavy atom. The predicted molar refractivity (Wildman–Crippen MR) is 47.9 cm³/mol. The summed E-state index contributed by atoms with van der Waals surface area (Å²) in [5.41, 5.74) is 0. The number of sulfone groups is 1. The fourth-order valence-electron chi connectivity index (χ4n) is 0.873. The fourth-order valence-corrected chi connectivity index (χ4v) is 2.01. The molecular weight excluding hydrogens is 250 g/mol. The molecule has 0 radical (unpaired) electrons. The van der Waals surface area contributed by atoms with Crippen molar-refractivity contribution in [3.63, 3.8) is 0 Å². The lowest BCUT2D eigenvalue weighted by Gasteiger charge is -1.99. The van der Waals surface area contributed by atoms with Crippen molar-refractivity contribution in [3.05, 3.63) is 24.3 Å². The van der Waals surface area contributed by atoms with Gasteiger partial charge < -0.3 is 0 Å². The van der Waals surface area contributed by atoms with Gasteiger partial charge in [-0.25, -0.2) is 12.8 Å². The lowest BCUT2D eigenvalue weighted by atomic mass is 10.4. The van der Waals surface area contributed by atoms with Crippen molar-refractivity contribution in [3.8, 4) is 0 Å². The van der Waals surface area contributed by atoms with Crippen molar-refractivity contribution in [1.29, 1.82) is 0 Å². The molecule has 1 aromatic rings. The molecule has 8 heteroatoms. The van der Waals surface area contributed by atoms with Crippen LogP contribution >= 0.6 is 0 Å². The van der Waals surface area contributed by atoms with Crippen LogP contribution in [0, 0.1) is 0 Å². The molecular formula is C7H6F2O4S2. The van der Waals surface area contributed by atoms with E-state index in [4.69, 9.17) is 0 Å². The second kappa shape index (κ2) is 3.86. The van der Waals surface area contributed by atoms with Gasteiger partial charge in [0.1, 0.15) is 0 Å². The first-order valence-corrected chi connectivity index (χ1v) is 6.64. The summed E-state index contributed by atoms with van der Waals surface area (Å²) in [6.07, 6.45) is 0. The highest BCUT2D eigenvalue weighted by atomic mass is 32.3. The number of rotatable bonds is 3. The molecule has 0 aliphatic heterocycles. The van der Waals surface area contributed by atoms with Crippen molar-refractivity contribution in [2.75, 3.05) is 6.01 Å². The summed E-state index contributed by atoms with van der Waals surface area (Å²) in [5.74, 6) is 0. The number of hydrogen-bond donors (Lipinski definition) is 0. The largest absolute Gasteiger partial charge is 0.332 e. The van der Waals surface area contributed by atoms with Crippen molar-refractivity contribution in [1.82, 2.24) is 0 Å². The van der Waals surface area contributed by atoms with E-state index >= 15 is 0 Å². The van der Waals surface area contributed by atoms with Gasteiger partial charge in [0, 0.05) is 0 Å². The highest BCUT2D eigenvalue weighted by Gasteiger charge is 2.16. The summed E-state index contributed by atoms with van der Waals surface area (Å²) < 4.78 is 67.0. The Balaban J connectivity index is 3.24. The minimum Gasteiger partial charge on any atom is -0.233 e. The van der Waals surface area contributed by atoms with Gasteiger partial charge in [0.15, 0.2) is 6.01 Å². The maximum absolute atomic E-state index is 12.4. The zero-order valence-corrected chi connectivity index (χ0v) is 8.85. The molecule has 84 valence electrons. The molecule has 0 saturated carbocycles. The maximum atomic E-state index is 12.4. The minimum atomic E-state index is -4.86. The Labute approximate surface area is 85.7 Å². The van der Waals surface area contributed by atoms with Gasteiger partial charge >= 0.3 is 10.2 Å². The standard InChI is InChI=1S/C7H6F2O4S2/c8-5-14(10,11)6-1-3-7(4-2-6)15(9,12)13/h1-4H,5H2. The third-order valence-corrected chi connectivity index (χ3v) is 3.72. The third-order valence-electron chi connectivity index (χ3n) is 1.61. The molecule has 0 bridgehead atoms. The van der Waals surface area contributed by atoms with Crippen LogP contribution in [-0.2, 0) is 20.1 Å². The Kier molecular flexibility index (Phi) is 3.10. The van der Waals surface area contributed by atoms with Crippen LogP contribution in [0.4, 0.5) is 8.28 Å². The van der Waals surface area contributed by atoms with E-state index in [2.05, 4.69) is 0 Å². The topological polar surface area (TPSA) is 68.3 Å². The van der Waals surface area contributed by atoms with Crippen LogP contribution in [0.3, 0.4) is 0 Å². The van der Waals surface area contributed by atoms with Gasteiger partial charge in [-0.3, -0.25) is 0 Å². The third kappa shape index (κ3) is 2.72. The van der Waals surface area contributed by atoms with Crippen LogP contribution in [0.1, 0.15) is 0 Å². The van der Waals surface area contributed by atoms with Crippen LogP contribution in [0.2, 0.25) is 0 Å². The van der Waals surface area contributed by atoms with Crippen LogP contribution in [0.25, 0.3) is 0 Å². The zero-order valence-electron chi connectivity index (χ0n) is 7.22. The maximum Gasteiger partial charge on any atom is 0.332 e. The first kappa shape index (κ1) is 12.1. The first-order chi connectivity index (χ1) is 6.77. The van der Waals surface area contributed by atoms with Crippen molar-refractivity contribution in [2.24, 2.45) is 0 Å². The monoisotopic (exact) mass is 256 g/mol. The van der Waals surface area contributed by atoms with E-state index < -0.39 is 35.9 Å². The van der Waals surface area contributed by atoms with E-state index in [-0.39, 0.29) is 0 Å². The number of hydrogen-bond acceptors (Lipinski definition) is 4. The van der Waals surface area contributed by atoms with Crippen molar-refractivity contribution >= 4 is 20.1 Å². The molecule has 1 rings (SSSR count).